The molecule has 0 amide bonds. The molecule has 0 spiro atoms. The van der Waals surface area contributed by atoms with Gasteiger partial charge in [-0.25, -0.2) is 0 Å². The van der Waals surface area contributed by atoms with Gasteiger partial charge < -0.3 is 21.5 Å². The maximum Gasteiger partial charge on any atom is 0.0558 e. The number of hydrogen-bond acceptors (Lipinski definition) is 5. The van der Waals surface area contributed by atoms with E-state index in [1.807, 2.05) is 0 Å². The van der Waals surface area contributed by atoms with Gasteiger partial charge >= 0.3 is 0 Å². The minimum atomic E-state index is 0. The molecular weight excluding hydrogens is 148 g/mol. The highest BCUT2D eigenvalue weighted by Gasteiger charge is 2.00. The molecule has 0 radical (unpaired) electrons. The molecular formula is C6H18N2O3. The molecule has 0 aromatic rings. The Labute approximate surface area is 66.8 Å². The summed E-state index contributed by atoms with van der Waals surface area (Å²) in [5.41, 5.74) is 0. The summed E-state index contributed by atoms with van der Waals surface area (Å²) in [4.78, 5) is 1.79. The summed E-state index contributed by atoms with van der Waals surface area (Å²) in [5, 5.41) is 25.5. The van der Waals surface area contributed by atoms with Crippen molar-refractivity contribution in [2.75, 3.05) is 39.5 Å². The number of nitrogens with zero attached hydrogens (tertiary/aromatic N) is 1. The molecule has 0 aliphatic heterocycles. The summed E-state index contributed by atoms with van der Waals surface area (Å²) in [6.45, 7) is 1.75. The first-order valence-corrected chi connectivity index (χ1v) is 3.40. The van der Waals surface area contributed by atoms with Gasteiger partial charge in [0.1, 0.15) is 0 Å². The monoisotopic (exact) mass is 166 g/mol. The van der Waals surface area contributed by atoms with Crippen molar-refractivity contribution in [2.24, 2.45) is 0 Å². The highest BCUT2D eigenvalue weighted by atomic mass is 16.3. The van der Waals surface area contributed by atoms with Crippen molar-refractivity contribution in [3.63, 3.8) is 0 Å². The normalized spacial score (nSPS) is 9.82. The summed E-state index contributed by atoms with van der Waals surface area (Å²) < 4.78 is 0. The van der Waals surface area contributed by atoms with Crippen LogP contribution >= 0.6 is 0 Å². The molecule has 0 aliphatic rings. The molecule has 0 heterocycles. The highest BCUT2D eigenvalue weighted by molar-refractivity contribution is 4.54. The SMILES string of the molecule is N.OCCN(CCO)CCO. The summed E-state index contributed by atoms with van der Waals surface area (Å²) in [5.74, 6) is 0. The van der Waals surface area contributed by atoms with Crippen LogP contribution in [0.1, 0.15) is 0 Å². The Morgan fingerprint density at radius 3 is 1.18 bits per heavy atom. The van der Waals surface area contributed by atoms with Gasteiger partial charge in [0.05, 0.1) is 19.8 Å². The van der Waals surface area contributed by atoms with Crippen LogP contribution in [0.25, 0.3) is 0 Å². The van der Waals surface area contributed by atoms with Crippen molar-refractivity contribution in [1.29, 1.82) is 0 Å². The molecule has 5 heteroatoms. The lowest BCUT2D eigenvalue weighted by Gasteiger charge is -2.17. The zero-order chi connectivity index (χ0) is 7.82. The smallest absolute Gasteiger partial charge is 0.0558 e. The van der Waals surface area contributed by atoms with Gasteiger partial charge in [-0.1, -0.05) is 0 Å². The van der Waals surface area contributed by atoms with E-state index in [0.717, 1.165) is 0 Å². The van der Waals surface area contributed by atoms with E-state index < -0.39 is 0 Å². The van der Waals surface area contributed by atoms with Crippen molar-refractivity contribution in [3.8, 4) is 0 Å². The van der Waals surface area contributed by atoms with Crippen molar-refractivity contribution >= 4 is 0 Å². The van der Waals surface area contributed by atoms with Crippen molar-refractivity contribution in [2.45, 2.75) is 0 Å². The molecule has 6 N–H and O–H groups in total. The Morgan fingerprint density at radius 2 is 1.00 bits per heavy atom. The lowest BCUT2D eigenvalue weighted by atomic mass is 10.4. The first kappa shape index (κ1) is 13.4. The molecule has 0 unspecified atom stereocenters. The van der Waals surface area contributed by atoms with Crippen LogP contribution in [0.15, 0.2) is 0 Å². The van der Waals surface area contributed by atoms with Crippen LogP contribution in [0, 0.1) is 0 Å². The van der Waals surface area contributed by atoms with Crippen molar-refractivity contribution in [3.05, 3.63) is 0 Å². The van der Waals surface area contributed by atoms with Gasteiger partial charge in [-0.3, -0.25) is 4.90 Å². The second kappa shape index (κ2) is 9.80. The number of hydrogen-bond donors (Lipinski definition) is 4. The van der Waals surface area contributed by atoms with Gasteiger partial charge in [0, 0.05) is 19.6 Å². The minimum absolute atomic E-state index is 0. The first-order chi connectivity index (χ1) is 4.85. The van der Waals surface area contributed by atoms with E-state index in [1.165, 1.54) is 0 Å². The van der Waals surface area contributed by atoms with Gasteiger partial charge in [0.25, 0.3) is 0 Å². The van der Waals surface area contributed by atoms with E-state index in [4.69, 9.17) is 15.3 Å². The average Bonchev–Trinajstić information content (AvgIpc) is 1.90. The van der Waals surface area contributed by atoms with E-state index in [1.54, 1.807) is 4.90 Å². The largest absolute Gasteiger partial charge is 0.395 e. The Balaban J connectivity index is 0. The third-order valence-corrected chi connectivity index (χ3v) is 1.25. The molecule has 0 fully saturated rings. The molecule has 70 valence electrons. The molecule has 0 saturated carbocycles. The topological polar surface area (TPSA) is 98.9 Å². The fourth-order valence-corrected chi connectivity index (χ4v) is 0.760. The minimum Gasteiger partial charge on any atom is -0.395 e. The fourth-order valence-electron chi connectivity index (χ4n) is 0.760. The molecule has 5 nitrogen and oxygen atoms in total. The highest BCUT2D eigenvalue weighted by Crippen LogP contribution is 1.84. The van der Waals surface area contributed by atoms with E-state index in [9.17, 15) is 0 Å². The lowest BCUT2D eigenvalue weighted by molar-refractivity contribution is 0.136. The van der Waals surface area contributed by atoms with Gasteiger partial charge in [0.2, 0.25) is 0 Å². The van der Waals surface area contributed by atoms with Crippen LogP contribution in [-0.4, -0.2) is 59.7 Å². The third kappa shape index (κ3) is 7.70. The molecule has 0 aromatic carbocycles. The van der Waals surface area contributed by atoms with Gasteiger partial charge in [0.15, 0.2) is 0 Å². The fraction of sp³-hybridized carbons (Fsp3) is 1.00. The second-order valence-corrected chi connectivity index (χ2v) is 2.01. The van der Waals surface area contributed by atoms with E-state index in [2.05, 4.69) is 0 Å². The summed E-state index contributed by atoms with van der Waals surface area (Å²) in [6, 6.07) is 0. The number of aliphatic hydroxyl groups is 3. The Kier molecular flexibility index (Phi) is 11.9. The summed E-state index contributed by atoms with van der Waals surface area (Å²) in [6.07, 6.45) is 0. The van der Waals surface area contributed by atoms with Crippen LogP contribution in [0.2, 0.25) is 0 Å². The number of aliphatic hydroxyl groups excluding tert-OH is 3. The molecule has 0 atom stereocenters. The molecule has 0 rings (SSSR count). The van der Waals surface area contributed by atoms with Gasteiger partial charge in [-0.2, -0.15) is 0 Å². The predicted octanol–water partition coefficient (Wildman–Crippen LogP) is -1.57. The predicted molar refractivity (Wildman–Crippen MR) is 42.7 cm³/mol. The molecule has 0 saturated heterocycles. The van der Waals surface area contributed by atoms with Crippen LogP contribution in [0.5, 0.6) is 0 Å². The quantitative estimate of drug-likeness (QED) is 0.382. The van der Waals surface area contributed by atoms with E-state index in [0.29, 0.717) is 19.6 Å². The average molecular weight is 166 g/mol. The van der Waals surface area contributed by atoms with Gasteiger partial charge in [-0.05, 0) is 0 Å². The summed E-state index contributed by atoms with van der Waals surface area (Å²) >= 11 is 0. The standard InChI is InChI=1S/C6H15NO3.H3N/c8-4-1-7(2-5-9)3-6-10;/h8-10H,1-6H2;1H3. The van der Waals surface area contributed by atoms with Crippen LogP contribution in [-0.2, 0) is 0 Å². The maximum absolute atomic E-state index is 8.48. The second-order valence-electron chi connectivity index (χ2n) is 2.01. The van der Waals surface area contributed by atoms with Crippen molar-refractivity contribution in [1.82, 2.24) is 11.1 Å². The molecule has 11 heavy (non-hydrogen) atoms. The summed E-state index contributed by atoms with van der Waals surface area (Å²) in [7, 11) is 0. The Morgan fingerprint density at radius 1 is 0.727 bits per heavy atom. The van der Waals surface area contributed by atoms with Crippen LogP contribution in [0.3, 0.4) is 0 Å². The third-order valence-electron chi connectivity index (χ3n) is 1.25. The van der Waals surface area contributed by atoms with E-state index >= 15 is 0 Å². The van der Waals surface area contributed by atoms with Gasteiger partial charge in [-0.15, -0.1) is 0 Å². The Bertz CT molecular complexity index is 58.6. The maximum atomic E-state index is 8.48. The van der Waals surface area contributed by atoms with E-state index in [-0.39, 0.29) is 26.0 Å². The first-order valence-electron chi connectivity index (χ1n) is 3.40. The molecule has 0 bridgehead atoms. The molecule has 0 aromatic heterocycles. The Hall–Kier alpha value is -0.200. The lowest BCUT2D eigenvalue weighted by Crippen LogP contribution is -2.32. The van der Waals surface area contributed by atoms with Crippen LogP contribution in [0.4, 0.5) is 0 Å². The molecule has 0 aliphatic carbocycles. The number of rotatable bonds is 6. The zero-order valence-electron chi connectivity index (χ0n) is 6.74. The zero-order valence-corrected chi connectivity index (χ0v) is 6.74. The van der Waals surface area contributed by atoms with Crippen molar-refractivity contribution < 1.29 is 15.3 Å². The van der Waals surface area contributed by atoms with Crippen LogP contribution < -0.4 is 6.15 Å².